The standard InChI is InChI=1S/C12H29NSi2/c1-11-7-8-12(2)13(11)14-9-6-10-15(3,4)5/h11-12H,6-10,14H2,1-5H3. The summed E-state index contributed by atoms with van der Waals surface area (Å²) in [7, 11) is -0.685. The van der Waals surface area contributed by atoms with Crippen LogP contribution in [0.4, 0.5) is 0 Å². The molecule has 0 bridgehead atoms. The second-order valence-corrected chi connectivity index (χ2v) is 14.0. The van der Waals surface area contributed by atoms with Gasteiger partial charge in [0.25, 0.3) is 0 Å². The first-order chi connectivity index (χ1) is 6.90. The predicted octanol–water partition coefficient (Wildman–Crippen LogP) is 3.09. The maximum Gasteiger partial charge on any atom is 0.0956 e. The highest BCUT2D eigenvalue weighted by Crippen LogP contribution is 2.23. The van der Waals surface area contributed by atoms with E-state index in [1.807, 2.05) is 0 Å². The van der Waals surface area contributed by atoms with Crippen LogP contribution in [0.1, 0.15) is 33.1 Å². The minimum atomic E-state index is -0.764. The highest BCUT2D eigenvalue weighted by Gasteiger charge is 2.26. The highest BCUT2D eigenvalue weighted by molar-refractivity contribution is 6.76. The van der Waals surface area contributed by atoms with Crippen LogP contribution in [0.5, 0.6) is 0 Å². The van der Waals surface area contributed by atoms with Crippen LogP contribution in [-0.2, 0) is 0 Å². The molecule has 2 atom stereocenters. The molecule has 2 unspecified atom stereocenters. The molecule has 0 aromatic rings. The molecule has 0 saturated carbocycles. The zero-order valence-corrected chi connectivity index (χ0v) is 13.8. The highest BCUT2D eigenvalue weighted by atomic mass is 28.3. The fraction of sp³-hybridized carbons (Fsp3) is 1.00. The molecule has 0 radical (unpaired) electrons. The van der Waals surface area contributed by atoms with Gasteiger partial charge in [0.1, 0.15) is 0 Å². The van der Waals surface area contributed by atoms with Gasteiger partial charge in [0.15, 0.2) is 0 Å². The molecule has 0 aromatic heterocycles. The average molecular weight is 244 g/mol. The van der Waals surface area contributed by atoms with Crippen molar-refractivity contribution in [3.8, 4) is 0 Å². The van der Waals surface area contributed by atoms with Crippen molar-refractivity contribution in [3.05, 3.63) is 0 Å². The molecular formula is C12H29NSi2. The molecule has 1 nitrogen and oxygen atoms in total. The lowest BCUT2D eigenvalue weighted by molar-refractivity contribution is 0.366. The van der Waals surface area contributed by atoms with E-state index >= 15 is 0 Å². The van der Waals surface area contributed by atoms with Crippen LogP contribution in [0.25, 0.3) is 0 Å². The number of nitrogens with zero attached hydrogens (tertiary/aromatic N) is 1. The van der Waals surface area contributed by atoms with Gasteiger partial charge in [-0.25, -0.2) is 0 Å². The van der Waals surface area contributed by atoms with E-state index in [1.54, 1.807) is 6.04 Å². The van der Waals surface area contributed by atoms with Crippen LogP contribution in [0.3, 0.4) is 0 Å². The van der Waals surface area contributed by atoms with E-state index in [0.717, 1.165) is 12.1 Å². The van der Waals surface area contributed by atoms with Gasteiger partial charge in [0.05, 0.1) is 9.68 Å². The van der Waals surface area contributed by atoms with Gasteiger partial charge in [-0.2, -0.15) is 0 Å². The summed E-state index contributed by atoms with van der Waals surface area (Å²) in [4.78, 5) is 0. The Morgan fingerprint density at radius 2 is 1.67 bits per heavy atom. The van der Waals surface area contributed by atoms with Gasteiger partial charge in [-0.15, -0.1) is 0 Å². The maximum absolute atomic E-state index is 2.85. The third kappa shape index (κ3) is 4.83. The quantitative estimate of drug-likeness (QED) is 0.530. The zero-order chi connectivity index (χ0) is 11.5. The molecule has 0 amide bonds. The summed E-state index contributed by atoms with van der Waals surface area (Å²) < 4.78 is 2.85. The average Bonchev–Trinajstić information content (AvgIpc) is 2.40. The van der Waals surface area contributed by atoms with Crippen molar-refractivity contribution >= 4 is 17.8 Å². The lowest BCUT2D eigenvalue weighted by Crippen LogP contribution is -2.36. The Balaban J connectivity index is 2.14. The summed E-state index contributed by atoms with van der Waals surface area (Å²) in [5.74, 6) is 0. The third-order valence-electron chi connectivity index (χ3n) is 3.73. The van der Waals surface area contributed by atoms with Crippen LogP contribution >= 0.6 is 0 Å². The third-order valence-corrected chi connectivity index (χ3v) is 8.16. The number of hydrogen-bond acceptors (Lipinski definition) is 1. The summed E-state index contributed by atoms with van der Waals surface area (Å²) in [5, 5.41) is 0. The fourth-order valence-electron chi connectivity index (χ4n) is 2.64. The molecule has 90 valence electrons. The van der Waals surface area contributed by atoms with Gasteiger partial charge in [-0.05, 0) is 12.8 Å². The minimum absolute atomic E-state index is 0.0794. The second kappa shape index (κ2) is 5.64. The minimum Gasteiger partial charge on any atom is -0.324 e. The fourth-order valence-corrected chi connectivity index (χ4v) is 6.54. The van der Waals surface area contributed by atoms with E-state index in [1.165, 1.54) is 25.3 Å². The molecule has 15 heavy (non-hydrogen) atoms. The Morgan fingerprint density at radius 1 is 1.13 bits per heavy atom. The van der Waals surface area contributed by atoms with E-state index in [4.69, 9.17) is 0 Å². The molecule has 0 spiro atoms. The molecule has 1 aliphatic rings. The van der Waals surface area contributed by atoms with Gasteiger partial charge in [0.2, 0.25) is 0 Å². The van der Waals surface area contributed by atoms with Gasteiger partial charge in [-0.3, -0.25) is 0 Å². The first kappa shape index (κ1) is 13.5. The Bertz CT molecular complexity index is 179. The van der Waals surface area contributed by atoms with Crippen LogP contribution in [-0.4, -0.2) is 34.4 Å². The molecule has 1 rings (SSSR count). The van der Waals surface area contributed by atoms with Gasteiger partial charge < -0.3 is 4.57 Å². The van der Waals surface area contributed by atoms with Crippen molar-refractivity contribution in [1.29, 1.82) is 0 Å². The van der Waals surface area contributed by atoms with Crippen LogP contribution in [0.2, 0.25) is 31.7 Å². The van der Waals surface area contributed by atoms with Crippen molar-refractivity contribution in [2.24, 2.45) is 0 Å². The summed E-state index contributed by atoms with van der Waals surface area (Å²) in [6.07, 6.45) is 4.41. The Morgan fingerprint density at radius 3 is 2.13 bits per heavy atom. The van der Waals surface area contributed by atoms with Gasteiger partial charge >= 0.3 is 0 Å². The van der Waals surface area contributed by atoms with E-state index < -0.39 is 8.07 Å². The van der Waals surface area contributed by atoms with E-state index in [2.05, 4.69) is 38.1 Å². The van der Waals surface area contributed by atoms with Crippen LogP contribution in [0, 0.1) is 0 Å². The molecule has 1 fully saturated rings. The lowest BCUT2D eigenvalue weighted by Gasteiger charge is -2.26. The Hall–Kier alpha value is 0.394. The summed E-state index contributed by atoms with van der Waals surface area (Å²) >= 11 is 0. The second-order valence-electron chi connectivity index (χ2n) is 6.53. The molecule has 0 aliphatic carbocycles. The van der Waals surface area contributed by atoms with Gasteiger partial charge in [-0.1, -0.05) is 52.0 Å². The van der Waals surface area contributed by atoms with Crippen LogP contribution < -0.4 is 0 Å². The molecular weight excluding hydrogens is 214 g/mol. The summed E-state index contributed by atoms with van der Waals surface area (Å²) in [6.45, 7) is 12.3. The van der Waals surface area contributed by atoms with Crippen molar-refractivity contribution in [2.45, 2.75) is 76.9 Å². The monoisotopic (exact) mass is 243 g/mol. The molecule has 1 aliphatic heterocycles. The number of hydrogen-bond donors (Lipinski definition) is 0. The largest absolute Gasteiger partial charge is 0.324 e. The molecule has 3 heteroatoms. The zero-order valence-electron chi connectivity index (χ0n) is 11.3. The normalized spacial score (nSPS) is 29.4. The van der Waals surface area contributed by atoms with E-state index in [0.29, 0.717) is 0 Å². The maximum atomic E-state index is 2.85. The SMILES string of the molecule is CC1CCC(C)N1[SiH2]CCC[Si](C)(C)C. The molecule has 0 N–H and O–H groups in total. The first-order valence-electron chi connectivity index (χ1n) is 6.66. The predicted molar refractivity (Wildman–Crippen MR) is 76.1 cm³/mol. The Kier molecular flexibility index (Phi) is 5.06. The molecule has 1 heterocycles. The van der Waals surface area contributed by atoms with E-state index in [-0.39, 0.29) is 9.68 Å². The summed E-state index contributed by atoms with van der Waals surface area (Å²) in [5.41, 5.74) is 0. The van der Waals surface area contributed by atoms with Gasteiger partial charge in [0, 0.05) is 20.2 Å². The van der Waals surface area contributed by atoms with Crippen molar-refractivity contribution in [2.75, 3.05) is 0 Å². The lowest BCUT2D eigenvalue weighted by atomic mass is 10.2. The molecule has 1 saturated heterocycles. The van der Waals surface area contributed by atoms with Crippen molar-refractivity contribution in [3.63, 3.8) is 0 Å². The smallest absolute Gasteiger partial charge is 0.0956 e. The van der Waals surface area contributed by atoms with Crippen molar-refractivity contribution in [1.82, 2.24) is 4.57 Å². The van der Waals surface area contributed by atoms with Crippen LogP contribution in [0.15, 0.2) is 0 Å². The van der Waals surface area contributed by atoms with Crippen molar-refractivity contribution < 1.29 is 0 Å². The summed E-state index contributed by atoms with van der Waals surface area (Å²) in [6, 6.07) is 4.90. The first-order valence-corrected chi connectivity index (χ1v) is 12.0. The molecule has 0 aromatic carbocycles. The topological polar surface area (TPSA) is 3.24 Å². The number of rotatable bonds is 5. The van der Waals surface area contributed by atoms with E-state index in [9.17, 15) is 0 Å². The Labute approximate surface area is 99.5 Å².